The van der Waals surface area contributed by atoms with Crippen molar-refractivity contribution < 1.29 is 14.3 Å². The standard InChI is InChI=1S/C24H24ClN3O3/c1-3-13-31-23-21(25)15-18(16-22(23)30-2)14-19(17-26)24(29)28-11-9-27(10-12-28)20-7-5-4-6-8-20/h3-8,14-16H,1,9-13H2,2H3/b19-14-. The van der Waals surface area contributed by atoms with Gasteiger partial charge in [-0.1, -0.05) is 42.5 Å². The van der Waals surface area contributed by atoms with E-state index in [0.29, 0.717) is 48.3 Å². The zero-order valence-electron chi connectivity index (χ0n) is 17.4. The first kappa shape index (κ1) is 22.3. The van der Waals surface area contributed by atoms with Crippen LogP contribution in [0.4, 0.5) is 5.69 Å². The number of rotatable bonds is 7. The Morgan fingerprint density at radius 2 is 1.94 bits per heavy atom. The number of piperazine rings is 1. The molecule has 0 saturated carbocycles. The van der Waals surface area contributed by atoms with Crippen LogP contribution in [-0.2, 0) is 4.79 Å². The van der Waals surface area contributed by atoms with Crippen LogP contribution in [0.2, 0.25) is 5.02 Å². The van der Waals surface area contributed by atoms with Gasteiger partial charge in [0, 0.05) is 31.9 Å². The second kappa shape index (κ2) is 10.6. The number of halogens is 1. The van der Waals surface area contributed by atoms with Gasteiger partial charge in [-0.2, -0.15) is 5.26 Å². The molecular weight excluding hydrogens is 414 g/mol. The summed E-state index contributed by atoms with van der Waals surface area (Å²) in [6.45, 7) is 6.41. The maximum Gasteiger partial charge on any atom is 0.264 e. The van der Waals surface area contributed by atoms with Crippen LogP contribution in [0.3, 0.4) is 0 Å². The van der Waals surface area contributed by atoms with Gasteiger partial charge >= 0.3 is 0 Å². The summed E-state index contributed by atoms with van der Waals surface area (Å²) in [7, 11) is 1.50. The number of ether oxygens (including phenoxy) is 2. The Hall–Kier alpha value is -3.43. The number of carbonyl (C=O) groups excluding carboxylic acids is 1. The van der Waals surface area contributed by atoms with Crippen LogP contribution in [0.5, 0.6) is 11.5 Å². The topological polar surface area (TPSA) is 65.8 Å². The summed E-state index contributed by atoms with van der Waals surface area (Å²) in [5.74, 6) is 0.516. The molecule has 0 aliphatic carbocycles. The fourth-order valence-electron chi connectivity index (χ4n) is 3.39. The molecule has 0 radical (unpaired) electrons. The van der Waals surface area contributed by atoms with E-state index in [1.807, 2.05) is 24.3 Å². The Bertz CT molecular complexity index is 1010. The van der Waals surface area contributed by atoms with E-state index in [9.17, 15) is 10.1 Å². The smallest absolute Gasteiger partial charge is 0.264 e. The Morgan fingerprint density at radius 3 is 2.55 bits per heavy atom. The molecule has 1 fully saturated rings. The number of methoxy groups -OCH3 is 1. The fourth-order valence-corrected chi connectivity index (χ4v) is 3.66. The molecule has 160 valence electrons. The molecule has 1 amide bonds. The predicted molar refractivity (Wildman–Crippen MR) is 123 cm³/mol. The van der Waals surface area contributed by atoms with Gasteiger partial charge in [-0.3, -0.25) is 4.79 Å². The summed E-state index contributed by atoms with van der Waals surface area (Å²) in [5, 5.41) is 9.94. The molecule has 1 aliphatic heterocycles. The molecule has 6 nitrogen and oxygen atoms in total. The summed E-state index contributed by atoms with van der Waals surface area (Å²) in [5.41, 5.74) is 1.76. The second-order valence-corrected chi connectivity index (χ2v) is 7.33. The van der Waals surface area contributed by atoms with Gasteiger partial charge in [0.1, 0.15) is 18.2 Å². The maximum atomic E-state index is 12.9. The first-order valence-corrected chi connectivity index (χ1v) is 10.3. The van der Waals surface area contributed by atoms with Crippen LogP contribution < -0.4 is 14.4 Å². The minimum Gasteiger partial charge on any atom is -0.493 e. The zero-order valence-corrected chi connectivity index (χ0v) is 18.1. The van der Waals surface area contributed by atoms with Crippen molar-refractivity contribution in [3.05, 3.63) is 71.3 Å². The maximum absolute atomic E-state index is 12.9. The van der Waals surface area contributed by atoms with Crippen molar-refractivity contribution in [3.63, 3.8) is 0 Å². The summed E-state index contributed by atoms with van der Waals surface area (Å²) in [6, 6.07) is 15.4. The van der Waals surface area contributed by atoms with Crippen molar-refractivity contribution >= 4 is 29.3 Å². The average molecular weight is 438 g/mol. The van der Waals surface area contributed by atoms with Crippen molar-refractivity contribution in [2.45, 2.75) is 0 Å². The molecule has 1 aliphatic rings. The minimum atomic E-state index is -0.294. The number of amides is 1. The second-order valence-electron chi connectivity index (χ2n) is 6.92. The fraction of sp³-hybridized carbons (Fsp3) is 0.250. The largest absolute Gasteiger partial charge is 0.493 e. The summed E-state index contributed by atoms with van der Waals surface area (Å²) >= 11 is 6.33. The van der Waals surface area contributed by atoms with Gasteiger partial charge in [0.05, 0.1) is 12.1 Å². The van der Waals surface area contributed by atoms with Crippen LogP contribution >= 0.6 is 11.6 Å². The number of nitriles is 1. The van der Waals surface area contributed by atoms with E-state index < -0.39 is 0 Å². The monoisotopic (exact) mass is 437 g/mol. The van der Waals surface area contributed by atoms with Crippen molar-refractivity contribution in [3.8, 4) is 17.6 Å². The predicted octanol–water partition coefficient (Wildman–Crippen LogP) is 4.17. The van der Waals surface area contributed by atoms with Gasteiger partial charge in [0.2, 0.25) is 0 Å². The minimum absolute atomic E-state index is 0.0473. The van der Waals surface area contributed by atoms with Gasteiger partial charge in [0.15, 0.2) is 11.5 Å². The van der Waals surface area contributed by atoms with E-state index in [2.05, 4.69) is 23.6 Å². The van der Waals surface area contributed by atoms with Crippen LogP contribution in [0.1, 0.15) is 5.56 Å². The molecule has 31 heavy (non-hydrogen) atoms. The van der Waals surface area contributed by atoms with Gasteiger partial charge in [-0.05, 0) is 35.9 Å². The molecule has 0 N–H and O–H groups in total. The molecule has 0 aromatic heterocycles. The van der Waals surface area contributed by atoms with Crippen molar-refractivity contribution in [2.75, 3.05) is 44.8 Å². The van der Waals surface area contributed by atoms with E-state index in [0.717, 1.165) is 5.69 Å². The van der Waals surface area contributed by atoms with Crippen molar-refractivity contribution in [1.82, 2.24) is 4.90 Å². The van der Waals surface area contributed by atoms with E-state index in [4.69, 9.17) is 21.1 Å². The number of carbonyl (C=O) groups is 1. The number of hydrogen-bond acceptors (Lipinski definition) is 5. The number of para-hydroxylation sites is 1. The molecule has 3 rings (SSSR count). The molecular formula is C24H24ClN3O3. The molecule has 0 atom stereocenters. The Kier molecular flexibility index (Phi) is 7.58. The lowest BCUT2D eigenvalue weighted by molar-refractivity contribution is -0.126. The molecule has 1 heterocycles. The number of benzene rings is 2. The Balaban J connectivity index is 1.74. The Labute approximate surface area is 187 Å². The molecule has 2 aromatic rings. The van der Waals surface area contributed by atoms with Crippen LogP contribution in [0.15, 0.2) is 60.7 Å². The van der Waals surface area contributed by atoms with Gasteiger partial charge in [0.25, 0.3) is 5.91 Å². The van der Waals surface area contributed by atoms with Gasteiger partial charge in [-0.15, -0.1) is 0 Å². The van der Waals surface area contributed by atoms with Crippen molar-refractivity contribution in [1.29, 1.82) is 5.26 Å². The van der Waals surface area contributed by atoms with Gasteiger partial charge in [-0.25, -0.2) is 0 Å². The summed E-state index contributed by atoms with van der Waals surface area (Å²) < 4.78 is 10.9. The van der Waals surface area contributed by atoms with Gasteiger partial charge < -0.3 is 19.3 Å². The molecule has 1 saturated heterocycles. The number of hydrogen-bond donors (Lipinski definition) is 0. The molecule has 7 heteroatoms. The molecule has 0 spiro atoms. The third-order valence-corrected chi connectivity index (χ3v) is 5.23. The van der Waals surface area contributed by atoms with E-state index in [1.165, 1.54) is 13.2 Å². The van der Waals surface area contributed by atoms with Crippen molar-refractivity contribution in [2.24, 2.45) is 0 Å². The highest BCUT2D eigenvalue weighted by Crippen LogP contribution is 2.37. The summed E-state index contributed by atoms with van der Waals surface area (Å²) in [4.78, 5) is 16.9. The average Bonchev–Trinajstić information content (AvgIpc) is 2.81. The third-order valence-electron chi connectivity index (χ3n) is 4.95. The van der Waals surface area contributed by atoms with E-state index in [-0.39, 0.29) is 18.1 Å². The van der Waals surface area contributed by atoms with E-state index in [1.54, 1.807) is 23.1 Å². The molecule has 0 unspecified atom stereocenters. The molecule has 2 aromatic carbocycles. The highest BCUT2D eigenvalue weighted by molar-refractivity contribution is 6.32. The van der Waals surface area contributed by atoms with Crippen LogP contribution in [-0.4, -0.2) is 50.7 Å². The van der Waals surface area contributed by atoms with Crippen LogP contribution in [0, 0.1) is 11.3 Å². The normalized spacial score (nSPS) is 14.0. The lowest BCUT2D eigenvalue weighted by Gasteiger charge is -2.36. The third kappa shape index (κ3) is 5.39. The van der Waals surface area contributed by atoms with Crippen LogP contribution in [0.25, 0.3) is 6.08 Å². The highest BCUT2D eigenvalue weighted by atomic mass is 35.5. The van der Waals surface area contributed by atoms with E-state index >= 15 is 0 Å². The first-order valence-electron chi connectivity index (χ1n) is 9.89. The number of nitrogens with zero attached hydrogens (tertiary/aromatic N) is 3. The lowest BCUT2D eigenvalue weighted by atomic mass is 10.1. The quantitative estimate of drug-likeness (QED) is 0.369. The first-order chi connectivity index (χ1) is 15.1. The lowest BCUT2D eigenvalue weighted by Crippen LogP contribution is -2.49. The highest BCUT2D eigenvalue weighted by Gasteiger charge is 2.24. The number of anilines is 1. The molecule has 0 bridgehead atoms. The Morgan fingerprint density at radius 1 is 1.23 bits per heavy atom. The zero-order chi connectivity index (χ0) is 22.2. The SMILES string of the molecule is C=CCOc1c(Cl)cc(/C=C(/C#N)C(=O)N2CCN(c3ccccc3)CC2)cc1OC. The summed E-state index contributed by atoms with van der Waals surface area (Å²) in [6.07, 6.45) is 3.13.